The Morgan fingerprint density at radius 3 is 2.83 bits per heavy atom. The number of ketones is 1. The number of rotatable bonds is 5. The van der Waals surface area contributed by atoms with Crippen molar-refractivity contribution in [1.82, 2.24) is 15.2 Å². The first-order chi connectivity index (χ1) is 14.2. The topological polar surface area (TPSA) is 55.7 Å². The summed E-state index contributed by atoms with van der Waals surface area (Å²) in [5, 5.41) is 12.6. The van der Waals surface area contributed by atoms with E-state index in [0.717, 1.165) is 49.2 Å². The largest absolute Gasteiger partial charge is 0.293 e. The number of thioether (sulfide) groups is 1. The summed E-state index contributed by atoms with van der Waals surface area (Å²) in [6.07, 6.45) is 4.68. The zero-order valence-electron chi connectivity index (χ0n) is 16.0. The van der Waals surface area contributed by atoms with E-state index in [1.165, 1.54) is 35.7 Å². The standard InChI is InChI=1S/C22H19N3OS3/c1-13-23-20-21(29-13)19(18-7-4-10-27-18)24-25-22(20)28-12-17(26)16-9-8-14-5-2-3-6-15(14)11-16/h4,7-11H,2-3,5-6,12H2,1H3. The highest BCUT2D eigenvalue weighted by Gasteiger charge is 2.18. The van der Waals surface area contributed by atoms with Gasteiger partial charge in [0.15, 0.2) is 5.78 Å². The maximum atomic E-state index is 12.8. The number of hydrogen-bond acceptors (Lipinski definition) is 7. The molecule has 0 unspecified atom stereocenters. The molecule has 1 aliphatic carbocycles. The van der Waals surface area contributed by atoms with Crippen LogP contribution in [-0.4, -0.2) is 26.7 Å². The lowest BCUT2D eigenvalue weighted by Gasteiger charge is -2.16. The summed E-state index contributed by atoms with van der Waals surface area (Å²) in [7, 11) is 0. The van der Waals surface area contributed by atoms with Crippen LogP contribution in [0.4, 0.5) is 0 Å². The van der Waals surface area contributed by atoms with Gasteiger partial charge in [0.05, 0.1) is 20.3 Å². The highest BCUT2D eigenvalue weighted by atomic mass is 32.2. The number of thiazole rings is 1. The summed E-state index contributed by atoms with van der Waals surface area (Å²) in [6, 6.07) is 10.3. The molecule has 1 aromatic carbocycles. The van der Waals surface area contributed by atoms with Gasteiger partial charge in [-0.15, -0.1) is 32.9 Å². The first-order valence-electron chi connectivity index (χ1n) is 9.64. The van der Waals surface area contributed by atoms with E-state index in [9.17, 15) is 4.79 Å². The number of nitrogens with zero attached hydrogens (tertiary/aromatic N) is 3. The molecule has 29 heavy (non-hydrogen) atoms. The molecule has 7 heteroatoms. The number of carbonyl (C=O) groups excluding carboxylic acids is 1. The summed E-state index contributed by atoms with van der Waals surface area (Å²) in [5.41, 5.74) is 5.27. The summed E-state index contributed by atoms with van der Waals surface area (Å²) in [5.74, 6) is 0.477. The second kappa shape index (κ2) is 7.97. The van der Waals surface area contributed by atoms with Crippen molar-refractivity contribution < 1.29 is 4.79 Å². The molecule has 0 fully saturated rings. The first-order valence-corrected chi connectivity index (χ1v) is 12.3. The van der Waals surface area contributed by atoms with Gasteiger partial charge in [-0.3, -0.25) is 4.79 Å². The van der Waals surface area contributed by atoms with E-state index in [4.69, 9.17) is 0 Å². The van der Waals surface area contributed by atoms with Crippen molar-refractivity contribution >= 4 is 50.4 Å². The Balaban J connectivity index is 1.40. The molecule has 0 radical (unpaired) electrons. The van der Waals surface area contributed by atoms with E-state index < -0.39 is 0 Å². The molecule has 1 aliphatic rings. The van der Waals surface area contributed by atoms with Gasteiger partial charge in [-0.1, -0.05) is 30.0 Å². The van der Waals surface area contributed by atoms with Crippen LogP contribution in [-0.2, 0) is 12.8 Å². The zero-order chi connectivity index (χ0) is 19.8. The smallest absolute Gasteiger partial charge is 0.173 e. The number of thiophene rings is 1. The second-order valence-corrected chi connectivity index (χ2v) is 10.3. The summed E-state index contributed by atoms with van der Waals surface area (Å²) >= 11 is 4.71. The average Bonchev–Trinajstić information content (AvgIpc) is 3.41. The number of benzene rings is 1. The fraction of sp³-hybridized carbons (Fsp3) is 0.273. The molecule has 4 nitrogen and oxygen atoms in total. The van der Waals surface area contributed by atoms with Gasteiger partial charge in [0.25, 0.3) is 0 Å². The lowest BCUT2D eigenvalue weighted by Crippen LogP contribution is -2.08. The highest BCUT2D eigenvalue weighted by Crippen LogP contribution is 2.37. The van der Waals surface area contributed by atoms with Crippen LogP contribution in [0.15, 0.2) is 40.7 Å². The second-order valence-electron chi connectivity index (χ2n) is 7.14. The molecule has 0 aliphatic heterocycles. The molecular weight excluding hydrogens is 418 g/mol. The third-order valence-corrected chi connectivity index (χ3v) is 7.97. The summed E-state index contributed by atoms with van der Waals surface area (Å²) in [4.78, 5) is 18.6. The Morgan fingerprint density at radius 1 is 1.14 bits per heavy atom. The number of Topliss-reactive ketones (excluding diaryl/α,β-unsaturated/α-hetero) is 1. The predicted octanol–water partition coefficient (Wildman–Crippen LogP) is 5.98. The minimum atomic E-state index is 0.132. The van der Waals surface area contributed by atoms with Gasteiger partial charge in [-0.2, -0.15) is 0 Å². The number of fused-ring (bicyclic) bond motifs is 2. The molecular formula is C22H19N3OS3. The van der Waals surface area contributed by atoms with Crippen LogP contribution in [0.25, 0.3) is 20.8 Å². The van der Waals surface area contributed by atoms with Crippen molar-refractivity contribution in [3.63, 3.8) is 0 Å². The van der Waals surface area contributed by atoms with Gasteiger partial charge in [0.2, 0.25) is 0 Å². The van der Waals surface area contributed by atoms with Gasteiger partial charge in [0, 0.05) is 5.56 Å². The molecule has 0 spiro atoms. The maximum Gasteiger partial charge on any atom is 0.173 e. The molecule has 4 aromatic rings. The van der Waals surface area contributed by atoms with Crippen molar-refractivity contribution in [3.05, 3.63) is 57.4 Å². The fourth-order valence-electron chi connectivity index (χ4n) is 3.72. The predicted molar refractivity (Wildman–Crippen MR) is 121 cm³/mol. The van der Waals surface area contributed by atoms with E-state index in [-0.39, 0.29) is 5.78 Å². The van der Waals surface area contributed by atoms with Crippen LogP contribution in [0, 0.1) is 6.92 Å². The summed E-state index contributed by atoms with van der Waals surface area (Å²) < 4.78 is 1.05. The monoisotopic (exact) mass is 437 g/mol. The van der Waals surface area contributed by atoms with Crippen LogP contribution in [0.3, 0.4) is 0 Å². The van der Waals surface area contributed by atoms with Gasteiger partial charge >= 0.3 is 0 Å². The Hall–Kier alpha value is -2.09. The van der Waals surface area contributed by atoms with Crippen molar-refractivity contribution in [1.29, 1.82) is 0 Å². The molecule has 3 aromatic heterocycles. The number of aromatic nitrogens is 3. The molecule has 0 bridgehead atoms. The van der Waals surface area contributed by atoms with E-state index in [1.54, 1.807) is 22.7 Å². The fourth-order valence-corrected chi connectivity index (χ4v) is 6.30. The highest BCUT2D eigenvalue weighted by molar-refractivity contribution is 8.00. The number of carbonyl (C=O) groups is 1. The Labute approximate surface area is 181 Å². The molecule has 0 N–H and O–H groups in total. The van der Waals surface area contributed by atoms with Crippen LogP contribution in [0.1, 0.15) is 39.3 Å². The van der Waals surface area contributed by atoms with Crippen LogP contribution >= 0.6 is 34.4 Å². The van der Waals surface area contributed by atoms with Gasteiger partial charge in [0.1, 0.15) is 16.2 Å². The van der Waals surface area contributed by atoms with Crippen molar-refractivity contribution in [3.8, 4) is 10.6 Å². The van der Waals surface area contributed by atoms with Gasteiger partial charge in [-0.05, 0) is 61.2 Å². The lowest BCUT2D eigenvalue weighted by atomic mass is 9.90. The quantitative estimate of drug-likeness (QED) is 0.284. The number of hydrogen-bond donors (Lipinski definition) is 0. The van der Waals surface area contributed by atoms with E-state index in [0.29, 0.717) is 5.75 Å². The molecule has 0 atom stereocenters. The van der Waals surface area contributed by atoms with Crippen LogP contribution in [0.5, 0.6) is 0 Å². The molecule has 0 amide bonds. The molecule has 3 heterocycles. The SMILES string of the molecule is Cc1nc2c(SCC(=O)c3ccc4c(c3)CCCC4)nnc(-c3cccs3)c2s1. The van der Waals surface area contributed by atoms with Crippen LogP contribution in [0.2, 0.25) is 0 Å². The normalized spacial score (nSPS) is 13.6. The molecule has 5 rings (SSSR count). The summed E-state index contributed by atoms with van der Waals surface area (Å²) in [6.45, 7) is 2.00. The third kappa shape index (κ3) is 3.74. The van der Waals surface area contributed by atoms with Gasteiger partial charge < -0.3 is 0 Å². The molecule has 0 saturated carbocycles. The van der Waals surface area contributed by atoms with E-state index in [2.05, 4.69) is 33.4 Å². The maximum absolute atomic E-state index is 12.8. The molecule has 146 valence electrons. The Kier molecular flexibility index (Phi) is 5.20. The minimum Gasteiger partial charge on any atom is -0.293 e. The third-order valence-electron chi connectivity index (χ3n) is 5.16. The van der Waals surface area contributed by atoms with Gasteiger partial charge in [-0.25, -0.2) is 4.98 Å². The van der Waals surface area contributed by atoms with E-state index >= 15 is 0 Å². The lowest BCUT2D eigenvalue weighted by molar-refractivity contribution is 0.102. The van der Waals surface area contributed by atoms with Crippen molar-refractivity contribution in [2.45, 2.75) is 37.6 Å². The minimum absolute atomic E-state index is 0.132. The average molecular weight is 438 g/mol. The first kappa shape index (κ1) is 18.9. The number of aryl methyl sites for hydroxylation is 3. The van der Waals surface area contributed by atoms with Crippen molar-refractivity contribution in [2.75, 3.05) is 5.75 Å². The van der Waals surface area contributed by atoms with Crippen molar-refractivity contribution in [2.24, 2.45) is 0 Å². The molecule has 0 saturated heterocycles. The van der Waals surface area contributed by atoms with E-state index in [1.807, 2.05) is 24.4 Å². The zero-order valence-corrected chi connectivity index (χ0v) is 18.4. The Morgan fingerprint density at radius 2 is 2.00 bits per heavy atom. The van der Waals surface area contributed by atoms with Crippen LogP contribution < -0.4 is 0 Å². The Bertz CT molecular complexity index is 1200.